The van der Waals surface area contributed by atoms with Crippen molar-refractivity contribution in [3.8, 4) is 0 Å². The molecule has 1 aliphatic rings. The zero-order valence-corrected chi connectivity index (χ0v) is 12.0. The second-order valence-corrected chi connectivity index (χ2v) is 5.65. The summed E-state index contributed by atoms with van der Waals surface area (Å²) in [4.78, 5) is 4.90. The van der Waals surface area contributed by atoms with E-state index in [0.29, 0.717) is 0 Å². The van der Waals surface area contributed by atoms with E-state index < -0.39 is 0 Å². The van der Waals surface area contributed by atoms with Gasteiger partial charge in [-0.25, -0.2) is 0 Å². The topological polar surface area (TPSA) is 15.7 Å². The van der Waals surface area contributed by atoms with Crippen LogP contribution in [-0.2, 0) is 4.74 Å². The van der Waals surface area contributed by atoms with E-state index in [4.69, 9.17) is 4.74 Å². The second-order valence-electron chi connectivity index (χ2n) is 5.65. The highest BCUT2D eigenvalue weighted by atomic mass is 16.5. The lowest BCUT2D eigenvalue weighted by molar-refractivity contribution is 0.0797. The lowest BCUT2D eigenvalue weighted by atomic mass is 10.1. The Hall–Kier alpha value is -0.120. The third kappa shape index (κ3) is 7.74. The van der Waals surface area contributed by atoms with E-state index in [0.717, 1.165) is 25.7 Å². The summed E-state index contributed by atoms with van der Waals surface area (Å²) in [6.07, 6.45) is 3.87. The summed E-state index contributed by atoms with van der Waals surface area (Å²) < 4.78 is 5.69. The van der Waals surface area contributed by atoms with Crippen molar-refractivity contribution in [2.24, 2.45) is 5.92 Å². The fraction of sp³-hybridized carbons (Fsp3) is 1.00. The quantitative estimate of drug-likeness (QED) is 0.606. The van der Waals surface area contributed by atoms with Gasteiger partial charge in [-0.1, -0.05) is 26.7 Å². The average molecular weight is 242 g/mol. The number of rotatable bonds is 8. The van der Waals surface area contributed by atoms with Crippen LogP contribution in [0.2, 0.25) is 0 Å². The number of hydrogen-bond acceptors (Lipinski definition) is 3. The van der Waals surface area contributed by atoms with E-state index in [1.165, 1.54) is 45.4 Å². The van der Waals surface area contributed by atoms with Crippen molar-refractivity contribution in [3.05, 3.63) is 0 Å². The monoisotopic (exact) mass is 242 g/mol. The summed E-state index contributed by atoms with van der Waals surface area (Å²) in [5, 5.41) is 0. The molecule has 0 radical (unpaired) electrons. The number of nitrogens with zero attached hydrogens (tertiary/aromatic N) is 2. The summed E-state index contributed by atoms with van der Waals surface area (Å²) in [6, 6.07) is 0. The molecular weight excluding hydrogens is 212 g/mol. The third-order valence-electron chi connectivity index (χ3n) is 3.47. The van der Waals surface area contributed by atoms with Crippen molar-refractivity contribution in [2.75, 3.05) is 53.0 Å². The molecule has 1 rings (SSSR count). The van der Waals surface area contributed by atoms with Crippen molar-refractivity contribution in [1.29, 1.82) is 0 Å². The maximum Gasteiger partial charge on any atom is 0.0593 e. The second kappa shape index (κ2) is 8.90. The minimum Gasteiger partial charge on any atom is -0.380 e. The van der Waals surface area contributed by atoms with Crippen LogP contribution in [0.3, 0.4) is 0 Å². The predicted molar refractivity (Wildman–Crippen MR) is 73.4 cm³/mol. The molecule has 0 unspecified atom stereocenters. The Morgan fingerprint density at radius 3 is 2.35 bits per heavy atom. The highest BCUT2D eigenvalue weighted by Crippen LogP contribution is 2.06. The van der Waals surface area contributed by atoms with E-state index in [-0.39, 0.29) is 0 Å². The van der Waals surface area contributed by atoms with Crippen LogP contribution < -0.4 is 0 Å². The molecule has 1 heterocycles. The molecule has 1 saturated heterocycles. The molecule has 0 amide bonds. The van der Waals surface area contributed by atoms with Crippen molar-refractivity contribution < 1.29 is 4.74 Å². The Morgan fingerprint density at radius 1 is 1.00 bits per heavy atom. The van der Waals surface area contributed by atoms with Crippen molar-refractivity contribution in [2.45, 2.75) is 33.1 Å². The molecule has 0 saturated carbocycles. The fourth-order valence-electron chi connectivity index (χ4n) is 2.12. The molecule has 0 aromatic carbocycles. The molecule has 0 atom stereocenters. The third-order valence-corrected chi connectivity index (χ3v) is 3.47. The van der Waals surface area contributed by atoms with E-state index in [9.17, 15) is 0 Å². The highest BCUT2D eigenvalue weighted by molar-refractivity contribution is 4.68. The Morgan fingerprint density at radius 2 is 1.71 bits per heavy atom. The molecule has 1 fully saturated rings. The molecule has 3 heteroatoms. The summed E-state index contributed by atoms with van der Waals surface area (Å²) in [5.74, 6) is 0.834. The maximum absolute atomic E-state index is 5.69. The van der Waals surface area contributed by atoms with Crippen LogP contribution in [0.25, 0.3) is 0 Å². The Bertz CT molecular complexity index is 177. The molecule has 0 spiro atoms. The van der Waals surface area contributed by atoms with Crippen LogP contribution in [0.15, 0.2) is 0 Å². The molecule has 0 bridgehead atoms. The fourth-order valence-corrected chi connectivity index (χ4v) is 2.12. The van der Waals surface area contributed by atoms with Gasteiger partial charge < -0.3 is 9.64 Å². The van der Waals surface area contributed by atoms with E-state index >= 15 is 0 Å². The SMILES string of the molecule is CC(C)CCCCOCCN1CCN(C)CC1. The van der Waals surface area contributed by atoms with Gasteiger partial charge in [0, 0.05) is 39.3 Å². The molecule has 0 aromatic heterocycles. The lowest BCUT2D eigenvalue weighted by Crippen LogP contribution is -2.45. The zero-order valence-electron chi connectivity index (χ0n) is 12.0. The van der Waals surface area contributed by atoms with Gasteiger partial charge in [0.05, 0.1) is 6.61 Å². The molecule has 0 aromatic rings. The van der Waals surface area contributed by atoms with Gasteiger partial charge in [0.25, 0.3) is 0 Å². The van der Waals surface area contributed by atoms with E-state index in [2.05, 4.69) is 30.7 Å². The first-order valence-corrected chi connectivity index (χ1v) is 7.17. The van der Waals surface area contributed by atoms with Gasteiger partial charge in [0.2, 0.25) is 0 Å². The molecule has 17 heavy (non-hydrogen) atoms. The first-order valence-electron chi connectivity index (χ1n) is 7.17. The minimum absolute atomic E-state index is 0.834. The van der Waals surface area contributed by atoms with Gasteiger partial charge in [-0.2, -0.15) is 0 Å². The molecule has 1 aliphatic heterocycles. The molecule has 0 aliphatic carbocycles. The first kappa shape index (κ1) is 14.9. The summed E-state index contributed by atoms with van der Waals surface area (Å²) in [7, 11) is 2.20. The van der Waals surface area contributed by atoms with Crippen LogP contribution in [-0.4, -0.2) is 62.8 Å². The number of unbranched alkanes of at least 4 members (excludes halogenated alkanes) is 1. The Kier molecular flexibility index (Phi) is 7.82. The Labute approximate surface area is 107 Å². The normalized spacial score (nSPS) is 19.1. The van der Waals surface area contributed by atoms with Crippen LogP contribution >= 0.6 is 0 Å². The van der Waals surface area contributed by atoms with Gasteiger partial charge >= 0.3 is 0 Å². The van der Waals surface area contributed by atoms with Crippen molar-refractivity contribution in [1.82, 2.24) is 9.80 Å². The summed E-state index contributed by atoms with van der Waals surface area (Å²) in [5.41, 5.74) is 0. The van der Waals surface area contributed by atoms with Crippen molar-refractivity contribution >= 4 is 0 Å². The molecule has 102 valence electrons. The minimum atomic E-state index is 0.834. The van der Waals surface area contributed by atoms with Crippen LogP contribution in [0.1, 0.15) is 33.1 Å². The smallest absolute Gasteiger partial charge is 0.0593 e. The Balaban J connectivity index is 1.84. The van der Waals surface area contributed by atoms with Gasteiger partial charge in [-0.3, -0.25) is 4.90 Å². The summed E-state index contributed by atoms with van der Waals surface area (Å²) in [6.45, 7) is 12.3. The zero-order chi connectivity index (χ0) is 12.5. The largest absolute Gasteiger partial charge is 0.380 e. The number of ether oxygens (including phenoxy) is 1. The van der Waals surface area contributed by atoms with Gasteiger partial charge in [0.15, 0.2) is 0 Å². The van der Waals surface area contributed by atoms with E-state index in [1.807, 2.05) is 0 Å². The summed E-state index contributed by atoms with van der Waals surface area (Å²) >= 11 is 0. The number of piperazine rings is 1. The number of likely N-dealkylation sites (N-methyl/N-ethyl adjacent to an activating group) is 1. The van der Waals surface area contributed by atoms with Crippen LogP contribution in [0.4, 0.5) is 0 Å². The molecule has 3 nitrogen and oxygen atoms in total. The van der Waals surface area contributed by atoms with Crippen LogP contribution in [0, 0.1) is 5.92 Å². The van der Waals surface area contributed by atoms with Crippen LogP contribution in [0.5, 0.6) is 0 Å². The molecular formula is C14H30N2O. The van der Waals surface area contributed by atoms with Gasteiger partial charge in [-0.15, -0.1) is 0 Å². The predicted octanol–water partition coefficient (Wildman–Crippen LogP) is 2.08. The van der Waals surface area contributed by atoms with Crippen molar-refractivity contribution in [3.63, 3.8) is 0 Å². The lowest BCUT2D eigenvalue weighted by Gasteiger charge is -2.32. The molecule has 0 N–H and O–H groups in total. The average Bonchev–Trinajstić information content (AvgIpc) is 2.30. The van der Waals surface area contributed by atoms with Gasteiger partial charge in [0.1, 0.15) is 0 Å². The maximum atomic E-state index is 5.69. The number of hydrogen-bond donors (Lipinski definition) is 0. The van der Waals surface area contributed by atoms with E-state index in [1.54, 1.807) is 0 Å². The first-order chi connectivity index (χ1) is 8.18. The van der Waals surface area contributed by atoms with Gasteiger partial charge in [-0.05, 0) is 19.4 Å². The standard InChI is InChI=1S/C14H30N2O/c1-14(2)6-4-5-12-17-13-11-16-9-7-15(3)8-10-16/h14H,4-13H2,1-3H3. The highest BCUT2D eigenvalue weighted by Gasteiger charge is 2.12.